The lowest BCUT2D eigenvalue weighted by atomic mass is 10.2. The normalized spacial score (nSPS) is 10.4. The highest BCUT2D eigenvalue weighted by Gasteiger charge is 2.02. The van der Waals surface area contributed by atoms with Gasteiger partial charge in [-0.3, -0.25) is 4.79 Å². The Morgan fingerprint density at radius 3 is 2.89 bits per heavy atom. The van der Waals surface area contributed by atoms with E-state index >= 15 is 0 Å². The highest BCUT2D eigenvalue weighted by atomic mass is 16.5. The first-order valence-electron chi connectivity index (χ1n) is 6.35. The highest BCUT2D eigenvalue weighted by molar-refractivity contribution is 5.73. The van der Waals surface area contributed by atoms with Crippen molar-refractivity contribution in [3.05, 3.63) is 11.9 Å². The molecule has 1 heterocycles. The van der Waals surface area contributed by atoms with Crippen molar-refractivity contribution in [3.8, 4) is 0 Å². The number of carbonyl (C=O) groups is 1. The third kappa shape index (κ3) is 6.56. The van der Waals surface area contributed by atoms with Crippen LogP contribution in [0.5, 0.6) is 0 Å². The summed E-state index contributed by atoms with van der Waals surface area (Å²) >= 11 is 0. The van der Waals surface area contributed by atoms with Gasteiger partial charge in [-0.1, -0.05) is 0 Å². The largest absolute Gasteiger partial charge is 0.384 e. The standard InChI is InChI=1S/C12H21N5O2/c1-2-19-8-12-16-9(13)7-11(17-12)15-6-4-3-5-10(14)18/h7H,2-6,8H2,1H3,(H2,14,18)(H3,13,15,16,17). The third-order valence-electron chi connectivity index (χ3n) is 2.38. The number of primary amides is 1. The van der Waals surface area contributed by atoms with E-state index < -0.39 is 0 Å². The topological polar surface area (TPSA) is 116 Å². The van der Waals surface area contributed by atoms with Gasteiger partial charge in [-0.05, 0) is 19.8 Å². The highest BCUT2D eigenvalue weighted by Crippen LogP contribution is 2.09. The summed E-state index contributed by atoms with van der Waals surface area (Å²) in [6.45, 7) is 3.56. The average molecular weight is 267 g/mol. The number of anilines is 2. The van der Waals surface area contributed by atoms with Crippen molar-refractivity contribution in [1.29, 1.82) is 0 Å². The molecule has 0 aliphatic carbocycles. The zero-order chi connectivity index (χ0) is 14.1. The summed E-state index contributed by atoms with van der Waals surface area (Å²) in [5, 5.41) is 3.14. The zero-order valence-corrected chi connectivity index (χ0v) is 11.2. The van der Waals surface area contributed by atoms with E-state index in [1.807, 2.05) is 6.92 Å². The first-order valence-corrected chi connectivity index (χ1v) is 6.35. The van der Waals surface area contributed by atoms with Crippen LogP contribution in [0.4, 0.5) is 11.6 Å². The third-order valence-corrected chi connectivity index (χ3v) is 2.38. The number of ether oxygens (including phenoxy) is 1. The van der Waals surface area contributed by atoms with Crippen molar-refractivity contribution >= 4 is 17.5 Å². The molecule has 0 radical (unpaired) electrons. The molecule has 0 saturated carbocycles. The second-order valence-electron chi connectivity index (χ2n) is 4.08. The summed E-state index contributed by atoms with van der Waals surface area (Å²) in [5.41, 5.74) is 10.8. The molecule has 0 unspecified atom stereocenters. The fraction of sp³-hybridized carbons (Fsp3) is 0.583. The molecule has 0 atom stereocenters. The van der Waals surface area contributed by atoms with Crippen LogP contribution < -0.4 is 16.8 Å². The monoisotopic (exact) mass is 267 g/mol. The van der Waals surface area contributed by atoms with Crippen molar-refractivity contribution in [2.75, 3.05) is 24.2 Å². The van der Waals surface area contributed by atoms with E-state index in [4.69, 9.17) is 16.2 Å². The van der Waals surface area contributed by atoms with Crippen molar-refractivity contribution in [2.45, 2.75) is 32.8 Å². The summed E-state index contributed by atoms with van der Waals surface area (Å²) in [6, 6.07) is 1.67. The van der Waals surface area contributed by atoms with Crippen LogP contribution in [0, 0.1) is 0 Å². The average Bonchev–Trinajstić information content (AvgIpc) is 2.35. The Labute approximate surface area is 112 Å². The molecule has 1 aromatic heterocycles. The minimum atomic E-state index is -0.273. The molecule has 0 spiro atoms. The van der Waals surface area contributed by atoms with E-state index in [-0.39, 0.29) is 5.91 Å². The van der Waals surface area contributed by atoms with E-state index in [1.165, 1.54) is 0 Å². The molecule has 7 nitrogen and oxygen atoms in total. The Kier molecular flexibility index (Phi) is 6.59. The summed E-state index contributed by atoms with van der Waals surface area (Å²) in [6.07, 6.45) is 2.01. The minimum Gasteiger partial charge on any atom is -0.384 e. The Balaban J connectivity index is 2.40. The molecule has 1 rings (SSSR count). The lowest BCUT2D eigenvalue weighted by Crippen LogP contribution is -2.12. The molecule has 5 N–H and O–H groups in total. The summed E-state index contributed by atoms with van der Waals surface area (Å²) in [4.78, 5) is 18.9. The molecule has 0 aromatic carbocycles. The zero-order valence-electron chi connectivity index (χ0n) is 11.2. The van der Waals surface area contributed by atoms with Gasteiger partial charge in [0.15, 0.2) is 5.82 Å². The maximum absolute atomic E-state index is 10.6. The van der Waals surface area contributed by atoms with Crippen LogP contribution in [0.3, 0.4) is 0 Å². The van der Waals surface area contributed by atoms with E-state index in [9.17, 15) is 4.79 Å². The number of nitrogen functional groups attached to an aromatic ring is 1. The molecule has 106 valence electrons. The van der Waals surface area contributed by atoms with E-state index in [2.05, 4.69) is 15.3 Å². The number of nitrogens with zero attached hydrogens (tertiary/aromatic N) is 2. The van der Waals surface area contributed by atoms with Gasteiger partial charge < -0.3 is 21.5 Å². The van der Waals surface area contributed by atoms with Crippen LogP contribution in [0.25, 0.3) is 0 Å². The van der Waals surface area contributed by atoms with Gasteiger partial charge in [-0.2, -0.15) is 0 Å². The van der Waals surface area contributed by atoms with Crippen LogP contribution >= 0.6 is 0 Å². The second kappa shape index (κ2) is 8.25. The molecular formula is C12H21N5O2. The number of hydrogen-bond acceptors (Lipinski definition) is 6. The lowest BCUT2D eigenvalue weighted by molar-refractivity contribution is -0.118. The van der Waals surface area contributed by atoms with Crippen LogP contribution in [-0.2, 0) is 16.1 Å². The summed E-state index contributed by atoms with van der Waals surface area (Å²) < 4.78 is 5.24. The predicted molar refractivity (Wildman–Crippen MR) is 73.3 cm³/mol. The maximum atomic E-state index is 10.6. The lowest BCUT2D eigenvalue weighted by Gasteiger charge is -2.08. The molecule has 19 heavy (non-hydrogen) atoms. The van der Waals surface area contributed by atoms with Crippen molar-refractivity contribution < 1.29 is 9.53 Å². The Bertz CT molecular complexity index is 411. The molecule has 0 aliphatic rings. The fourth-order valence-electron chi connectivity index (χ4n) is 1.51. The molecular weight excluding hydrogens is 246 g/mol. The number of amides is 1. The van der Waals surface area contributed by atoms with Gasteiger partial charge in [0.1, 0.15) is 18.2 Å². The van der Waals surface area contributed by atoms with Gasteiger partial charge >= 0.3 is 0 Å². The SMILES string of the molecule is CCOCc1nc(N)cc(NCCCCC(N)=O)n1. The Hall–Kier alpha value is -1.89. The van der Waals surface area contributed by atoms with Gasteiger partial charge in [0.2, 0.25) is 5.91 Å². The molecule has 7 heteroatoms. The van der Waals surface area contributed by atoms with E-state index in [0.29, 0.717) is 43.6 Å². The van der Waals surface area contributed by atoms with Gasteiger partial charge in [-0.25, -0.2) is 9.97 Å². The van der Waals surface area contributed by atoms with Crippen molar-refractivity contribution in [3.63, 3.8) is 0 Å². The van der Waals surface area contributed by atoms with E-state index in [0.717, 1.165) is 12.8 Å². The Morgan fingerprint density at radius 2 is 2.21 bits per heavy atom. The summed E-state index contributed by atoms with van der Waals surface area (Å²) in [7, 11) is 0. The van der Waals surface area contributed by atoms with Crippen LogP contribution in [0.1, 0.15) is 32.0 Å². The molecule has 1 amide bonds. The van der Waals surface area contributed by atoms with Gasteiger partial charge in [0.25, 0.3) is 0 Å². The first kappa shape index (κ1) is 15.2. The molecule has 0 fully saturated rings. The molecule has 1 aromatic rings. The number of nitrogens with two attached hydrogens (primary N) is 2. The van der Waals surface area contributed by atoms with Gasteiger partial charge in [0, 0.05) is 25.6 Å². The predicted octanol–water partition coefficient (Wildman–Crippen LogP) is 0.663. The Morgan fingerprint density at radius 1 is 1.42 bits per heavy atom. The van der Waals surface area contributed by atoms with Gasteiger partial charge in [-0.15, -0.1) is 0 Å². The number of unbranched alkanes of at least 4 members (excludes halogenated alkanes) is 1. The minimum absolute atomic E-state index is 0.273. The number of carbonyl (C=O) groups excluding carboxylic acids is 1. The molecule has 0 bridgehead atoms. The number of aromatic nitrogens is 2. The van der Waals surface area contributed by atoms with Crippen LogP contribution in [0.2, 0.25) is 0 Å². The fourth-order valence-corrected chi connectivity index (χ4v) is 1.51. The van der Waals surface area contributed by atoms with Gasteiger partial charge in [0.05, 0.1) is 0 Å². The number of hydrogen-bond donors (Lipinski definition) is 3. The first-order chi connectivity index (χ1) is 9.11. The maximum Gasteiger partial charge on any atom is 0.217 e. The second-order valence-corrected chi connectivity index (χ2v) is 4.08. The number of nitrogens with one attached hydrogen (secondary N) is 1. The smallest absolute Gasteiger partial charge is 0.217 e. The summed E-state index contributed by atoms with van der Waals surface area (Å²) in [5.74, 6) is 1.36. The van der Waals surface area contributed by atoms with E-state index in [1.54, 1.807) is 6.07 Å². The van der Waals surface area contributed by atoms with Crippen LogP contribution in [-0.4, -0.2) is 29.0 Å². The quantitative estimate of drug-likeness (QED) is 0.566. The molecule has 0 saturated heterocycles. The number of rotatable bonds is 9. The van der Waals surface area contributed by atoms with Crippen LogP contribution in [0.15, 0.2) is 6.07 Å². The molecule has 0 aliphatic heterocycles. The van der Waals surface area contributed by atoms with Crippen molar-refractivity contribution in [1.82, 2.24) is 9.97 Å². The van der Waals surface area contributed by atoms with Crippen molar-refractivity contribution in [2.24, 2.45) is 5.73 Å².